The molecule has 0 saturated carbocycles. The summed E-state index contributed by atoms with van der Waals surface area (Å²) in [5, 5.41) is 5.63. The predicted molar refractivity (Wildman–Crippen MR) is 151 cm³/mol. The lowest BCUT2D eigenvalue weighted by molar-refractivity contribution is 0.568. The number of aromatic nitrogens is 3. The Kier molecular flexibility index (Phi) is 7.98. The fourth-order valence-corrected chi connectivity index (χ4v) is 4.71. The molecule has 0 saturated heterocycles. The van der Waals surface area contributed by atoms with E-state index in [1.54, 1.807) is 12.5 Å². The molecule has 0 radical (unpaired) electrons. The van der Waals surface area contributed by atoms with Gasteiger partial charge >= 0.3 is 0 Å². The van der Waals surface area contributed by atoms with Gasteiger partial charge in [0.05, 0.1) is 16.5 Å². The van der Waals surface area contributed by atoms with Crippen molar-refractivity contribution in [2.75, 3.05) is 13.3 Å². The average Bonchev–Trinajstić information content (AvgIpc) is 2.88. The highest BCUT2D eigenvalue weighted by Gasteiger charge is 2.21. The van der Waals surface area contributed by atoms with Gasteiger partial charge in [-0.3, -0.25) is 18.6 Å². The van der Waals surface area contributed by atoms with E-state index in [4.69, 9.17) is 0 Å². The molecule has 11 heteroatoms. The Balaban J connectivity index is 2.01. The van der Waals surface area contributed by atoms with Crippen LogP contribution in [0, 0.1) is 18.6 Å². The summed E-state index contributed by atoms with van der Waals surface area (Å²) >= 11 is 1.31. The van der Waals surface area contributed by atoms with Crippen LogP contribution >= 0.6 is 11.8 Å². The molecule has 0 aliphatic carbocycles. The van der Waals surface area contributed by atoms with E-state index in [0.717, 1.165) is 27.8 Å². The third-order valence-electron chi connectivity index (χ3n) is 5.65. The van der Waals surface area contributed by atoms with E-state index in [9.17, 15) is 17.8 Å². The maximum atomic E-state index is 14.8. The Hall–Kier alpha value is -3.96. The largest absolute Gasteiger partial charge is 0.335 e. The van der Waals surface area contributed by atoms with Crippen LogP contribution in [0.5, 0.6) is 0 Å². The monoisotopic (exact) mass is 551 g/mol. The van der Waals surface area contributed by atoms with E-state index in [2.05, 4.69) is 33.4 Å². The molecular weight excluding hydrogens is 528 g/mol. The van der Waals surface area contributed by atoms with Crippen molar-refractivity contribution in [3.63, 3.8) is 0 Å². The second kappa shape index (κ2) is 11.2. The van der Waals surface area contributed by atoms with Crippen LogP contribution in [-0.2, 0) is 10.8 Å². The minimum Gasteiger partial charge on any atom is -0.335 e. The summed E-state index contributed by atoms with van der Waals surface area (Å²) in [7, 11) is -0.0232. The number of aryl methyl sites for hydroxylation is 1. The number of para-hydroxylation sites is 1. The van der Waals surface area contributed by atoms with E-state index < -0.39 is 33.7 Å². The molecule has 0 aliphatic heterocycles. The summed E-state index contributed by atoms with van der Waals surface area (Å²) in [6.07, 6.45) is 1.39. The van der Waals surface area contributed by atoms with Crippen LogP contribution in [0.25, 0.3) is 33.7 Å². The van der Waals surface area contributed by atoms with Crippen LogP contribution in [-0.4, -0.2) is 37.2 Å². The van der Waals surface area contributed by atoms with Gasteiger partial charge in [0.25, 0.3) is 5.56 Å². The summed E-state index contributed by atoms with van der Waals surface area (Å²) in [6.45, 7) is 9.66. The third kappa shape index (κ3) is 5.20. The van der Waals surface area contributed by atoms with Gasteiger partial charge in [-0.05, 0) is 47.7 Å². The average molecular weight is 552 g/mol. The van der Waals surface area contributed by atoms with E-state index in [-0.39, 0.29) is 10.8 Å². The van der Waals surface area contributed by atoms with Crippen molar-refractivity contribution >= 4 is 44.5 Å². The van der Waals surface area contributed by atoms with Gasteiger partial charge < -0.3 is 5.32 Å². The first-order chi connectivity index (χ1) is 18.2. The minimum absolute atomic E-state index is 0.0683. The number of amidine groups is 1. The van der Waals surface area contributed by atoms with Crippen LogP contribution in [0.15, 0.2) is 82.0 Å². The van der Waals surface area contributed by atoms with Gasteiger partial charge in [0, 0.05) is 36.0 Å². The second-order valence-corrected chi connectivity index (χ2v) is 10.3. The standard InChI is InChI=1S/C27H23F2N5O2S2/c1-6-37-26(30-4)31-16(3)17-11-10-15(2)19(14-17)23-18-12-13-22(35)34(24-20(28)8-7-9-21(24)29)25(18)33-27(32-23)38(5)36/h6-14H,1,3H2,2,4-5H3,(H,30,31). The molecule has 4 rings (SSSR count). The molecule has 38 heavy (non-hydrogen) atoms. The molecule has 7 nitrogen and oxygen atoms in total. The fourth-order valence-electron chi connectivity index (χ4n) is 3.83. The second-order valence-electron chi connectivity index (χ2n) is 8.07. The molecule has 2 aromatic carbocycles. The summed E-state index contributed by atoms with van der Waals surface area (Å²) < 4.78 is 42.9. The quantitative estimate of drug-likeness (QED) is 0.201. The number of rotatable bonds is 6. The molecule has 0 fully saturated rings. The van der Waals surface area contributed by atoms with Crippen molar-refractivity contribution in [2.24, 2.45) is 4.99 Å². The van der Waals surface area contributed by atoms with Crippen molar-refractivity contribution in [3.05, 3.63) is 100 Å². The number of hydrogen-bond acceptors (Lipinski definition) is 6. The lowest BCUT2D eigenvalue weighted by atomic mass is 9.99. The van der Waals surface area contributed by atoms with Gasteiger partial charge in [-0.25, -0.2) is 18.7 Å². The predicted octanol–water partition coefficient (Wildman–Crippen LogP) is 5.19. The highest BCUT2D eigenvalue weighted by atomic mass is 32.2. The lowest BCUT2D eigenvalue weighted by Crippen LogP contribution is -2.21. The van der Waals surface area contributed by atoms with Crippen LogP contribution in [0.4, 0.5) is 8.78 Å². The van der Waals surface area contributed by atoms with Crippen LogP contribution in [0.3, 0.4) is 0 Å². The molecule has 194 valence electrons. The molecule has 0 spiro atoms. The molecule has 1 unspecified atom stereocenters. The maximum absolute atomic E-state index is 14.8. The zero-order valence-electron chi connectivity index (χ0n) is 20.8. The van der Waals surface area contributed by atoms with E-state index in [1.165, 1.54) is 36.2 Å². The number of benzene rings is 2. The first kappa shape index (κ1) is 27.1. The number of aliphatic imine (C=N–C) groups is 1. The van der Waals surface area contributed by atoms with E-state index >= 15 is 0 Å². The van der Waals surface area contributed by atoms with Gasteiger partial charge in [0.2, 0.25) is 5.16 Å². The Morgan fingerprint density at radius 3 is 2.50 bits per heavy atom. The van der Waals surface area contributed by atoms with Crippen LogP contribution in [0.2, 0.25) is 0 Å². The van der Waals surface area contributed by atoms with Crippen LogP contribution < -0.4 is 10.9 Å². The molecule has 2 aromatic heterocycles. The lowest BCUT2D eigenvalue weighted by Gasteiger charge is -2.16. The molecule has 0 aliphatic rings. The number of fused-ring (bicyclic) bond motifs is 1. The smallest absolute Gasteiger partial charge is 0.256 e. The van der Waals surface area contributed by atoms with Gasteiger partial charge in [-0.15, -0.1) is 0 Å². The Bertz CT molecular complexity index is 1700. The van der Waals surface area contributed by atoms with Gasteiger partial charge in [0.15, 0.2) is 10.8 Å². The zero-order chi connectivity index (χ0) is 27.6. The Labute approximate surface area is 224 Å². The number of halogens is 2. The number of nitrogens with one attached hydrogen (secondary N) is 1. The number of pyridine rings is 1. The minimum atomic E-state index is -1.67. The zero-order valence-corrected chi connectivity index (χ0v) is 22.4. The molecule has 1 N–H and O–H groups in total. The summed E-state index contributed by atoms with van der Waals surface area (Å²) in [6, 6.07) is 11.6. The summed E-state index contributed by atoms with van der Waals surface area (Å²) in [5.74, 6) is -1.88. The van der Waals surface area contributed by atoms with Crippen molar-refractivity contribution in [3.8, 4) is 16.9 Å². The maximum Gasteiger partial charge on any atom is 0.256 e. The SMILES string of the molecule is C=CSC(=NC)NC(=C)c1ccc(C)c(-c2nc(S(C)=O)nc3c2ccc(=O)n3-c2c(F)cccc2F)c1. The Morgan fingerprint density at radius 2 is 1.87 bits per heavy atom. The highest BCUT2D eigenvalue weighted by Crippen LogP contribution is 2.32. The summed E-state index contributed by atoms with van der Waals surface area (Å²) in [5.41, 5.74) is 1.73. The molecule has 0 amide bonds. The number of hydrogen-bond donors (Lipinski definition) is 1. The van der Waals surface area contributed by atoms with E-state index in [0.29, 0.717) is 27.5 Å². The fraction of sp³-hybridized carbons (Fsp3) is 0.111. The number of nitrogens with zero attached hydrogens (tertiary/aromatic N) is 4. The topological polar surface area (TPSA) is 89.2 Å². The van der Waals surface area contributed by atoms with E-state index in [1.807, 2.05) is 25.1 Å². The number of thioether (sulfide) groups is 1. The molecule has 2 heterocycles. The van der Waals surface area contributed by atoms with Crippen molar-refractivity contribution < 1.29 is 13.0 Å². The normalized spacial score (nSPS) is 12.4. The third-order valence-corrected chi connectivity index (χ3v) is 7.02. The van der Waals surface area contributed by atoms with Gasteiger partial charge in [-0.1, -0.05) is 43.1 Å². The molecule has 0 bridgehead atoms. The summed E-state index contributed by atoms with van der Waals surface area (Å²) in [4.78, 5) is 25.9. The van der Waals surface area contributed by atoms with Gasteiger partial charge in [0.1, 0.15) is 17.3 Å². The van der Waals surface area contributed by atoms with Gasteiger partial charge in [-0.2, -0.15) is 0 Å². The van der Waals surface area contributed by atoms with Crippen molar-refractivity contribution in [1.82, 2.24) is 19.9 Å². The first-order valence-corrected chi connectivity index (χ1v) is 13.6. The highest BCUT2D eigenvalue weighted by molar-refractivity contribution is 8.16. The molecular formula is C27H23F2N5O2S2. The van der Waals surface area contributed by atoms with Crippen molar-refractivity contribution in [2.45, 2.75) is 12.1 Å². The Morgan fingerprint density at radius 1 is 1.16 bits per heavy atom. The van der Waals surface area contributed by atoms with Crippen molar-refractivity contribution in [1.29, 1.82) is 0 Å². The first-order valence-electron chi connectivity index (χ1n) is 11.2. The molecule has 1 atom stereocenters. The molecule has 4 aromatic rings. The van der Waals surface area contributed by atoms with Crippen LogP contribution in [0.1, 0.15) is 11.1 Å².